The van der Waals surface area contributed by atoms with Crippen LogP contribution in [0.1, 0.15) is 30.1 Å². The second-order valence-electron chi connectivity index (χ2n) is 5.20. The highest BCUT2D eigenvalue weighted by molar-refractivity contribution is 6.34. The van der Waals surface area contributed by atoms with Crippen LogP contribution in [-0.4, -0.2) is 42.1 Å². The van der Waals surface area contributed by atoms with Crippen molar-refractivity contribution < 1.29 is 19.5 Å². The van der Waals surface area contributed by atoms with Gasteiger partial charge in [-0.05, 0) is 24.6 Å². The third-order valence-electron chi connectivity index (χ3n) is 3.54. The maximum absolute atomic E-state index is 12.3. The van der Waals surface area contributed by atoms with E-state index in [-0.39, 0.29) is 11.6 Å². The highest BCUT2D eigenvalue weighted by atomic mass is 35.5. The summed E-state index contributed by atoms with van der Waals surface area (Å²) in [6.07, 6.45) is 0.979. The first kappa shape index (κ1) is 17.1. The monoisotopic (exact) mass is 339 g/mol. The van der Waals surface area contributed by atoms with Crippen LogP contribution < -0.4 is 15.5 Å². The van der Waals surface area contributed by atoms with Crippen molar-refractivity contribution in [3.05, 3.63) is 28.8 Å². The quantitative estimate of drug-likeness (QED) is 0.736. The van der Waals surface area contributed by atoms with E-state index in [4.69, 9.17) is 16.7 Å². The summed E-state index contributed by atoms with van der Waals surface area (Å²) in [5, 5.41) is 14.6. The first-order chi connectivity index (χ1) is 10.9. The van der Waals surface area contributed by atoms with Crippen LogP contribution in [0, 0.1) is 0 Å². The Morgan fingerprint density at radius 3 is 2.78 bits per heavy atom. The Balaban J connectivity index is 2.21. The Morgan fingerprint density at radius 2 is 2.22 bits per heavy atom. The zero-order chi connectivity index (χ0) is 17.0. The summed E-state index contributed by atoms with van der Waals surface area (Å²) >= 11 is 6.10. The largest absolute Gasteiger partial charge is 0.480 e. The number of amides is 3. The molecule has 2 rings (SSSR count). The van der Waals surface area contributed by atoms with Gasteiger partial charge in [0.2, 0.25) is 0 Å². The molecule has 1 fully saturated rings. The number of carboxylic acids is 1. The molecule has 0 saturated carbocycles. The number of nitrogens with one attached hydrogen (secondary N) is 2. The van der Waals surface area contributed by atoms with Crippen LogP contribution in [0.3, 0.4) is 0 Å². The minimum absolute atomic E-state index is 0.256. The summed E-state index contributed by atoms with van der Waals surface area (Å²) < 4.78 is 0. The van der Waals surface area contributed by atoms with Crippen LogP contribution >= 0.6 is 11.6 Å². The van der Waals surface area contributed by atoms with E-state index in [0.29, 0.717) is 36.6 Å². The molecule has 3 amide bonds. The molecule has 1 aliphatic heterocycles. The van der Waals surface area contributed by atoms with E-state index in [0.717, 1.165) is 0 Å². The second-order valence-corrected chi connectivity index (χ2v) is 5.61. The molecular formula is C15H18ClN3O4. The number of anilines is 1. The zero-order valence-corrected chi connectivity index (χ0v) is 13.4. The number of hydrogen-bond acceptors (Lipinski definition) is 3. The Kier molecular flexibility index (Phi) is 5.44. The fraction of sp³-hybridized carbons (Fsp3) is 0.400. The molecule has 1 aliphatic rings. The summed E-state index contributed by atoms with van der Waals surface area (Å²) in [5.74, 6) is -1.59. The number of rotatable bonds is 6. The lowest BCUT2D eigenvalue weighted by Crippen LogP contribution is -2.40. The van der Waals surface area contributed by atoms with Gasteiger partial charge in [0, 0.05) is 18.7 Å². The van der Waals surface area contributed by atoms with Crippen molar-refractivity contribution in [1.82, 2.24) is 10.6 Å². The minimum Gasteiger partial charge on any atom is -0.480 e. The van der Waals surface area contributed by atoms with Gasteiger partial charge in [0.1, 0.15) is 6.04 Å². The molecule has 0 bridgehead atoms. The van der Waals surface area contributed by atoms with Gasteiger partial charge >= 0.3 is 12.0 Å². The molecule has 1 atom stereocenters. The Bertz CT molecular complexity index is 635. The molecule has 124 valence electrons. The summed E-state index contributed by atoms with van der Waals surface area (Å²) in [4.78, 5) is 36.6. The lowest BCUT2D eigenvalue weighted by Gasteiger charge is -2.18. The van der Waals surface area contributed by atoms with Crippen molar-refractivity contribution >= 4 is 35.2 Å². The Morgan fingerprint density at radius 1 is 1.48 bits per heavy atom. The molecule has 0 spiro atoms. The standard InChI is InChI=1S/C15H18ClN3O4/c1-2-3-11(14(21)22)18-13(20)9-4-5-10(16)12(8-9)19-7-6-17-15(19)23/h4-5,8,11H,2-3,6-7H2,1H3,(H,17,23)(H,18,20)(H,21,22). The molecule has 8 heteroatoms. The topological polar surface area (TPSA) is 98.7 Å². The van der Waals surface area contributed by atoms with E-state index in [1.54, 1.807) is 0 Å². The maximum Gasteiger partial charge on any atom is 0.326 e. The highest BCUT2D eigenvalue weighted by Gasteiger charge is 2.25. The number of halogens is 1. The molecule has 1 saturated heterocycles. The molecule has 1 aromatic rings. The number of hydrogen-bond donors (Lipinski definition) is 3. The predicted molar refractivity (Wildman–Crippen MR) is 86.0 cm³/mol. The van der Waals surface area contributed by atoms with Crippen molar-refractivity contribution in [3.8, 4) is 0 Å². The SMILES string of the molecule is CCCC(NC(=O)c1ccc(Cl)c(N2CCNC2=O)c1)C(=O)O. The van der Waals surface area contributed by atoms with E-state index in [9.17, 15) is 14.4 Å². The van der Waals surface area contributed by atoms with Gasteiger partial charge in [-0.2, -0.15) is 0 Å². The lowest BCUT2D eigenvalue weighted by molar-refractivity contribution is -0.139. The van der Waals surface area contributed by atoms with E-state index >= 15 is 0 Å². The molecule has 1 heterocycles. The third kappa shape index (κ3) is 3.92. The number of carbonyl (C=O) groups excluding carboxylic acids is 2. The normalized spacial score (nSPS) is 15.2. The van der Waals surface area contributed by atoms with E-state index in [1.165, 1.54) is 23.1 Å². The molecule has 3 N–H and O–H groups in total. The number of carbonyl (C=O) groups is 3. The minimum atomic E-state index is -1.08. The molecule has 7 nitrogen and oxygen atoms in total. The summed E-state index contributed by atoms with van der Waals surface area (Å²) in [6.45, 7) is 2.80. The van der Waals surface area contributed by atoms with Crippen LogP contribution in [0.15, 0.2) is 18.2 Å². The van der Waals surface area contributed by atoms with Gasteiger partial charge in [0.05, 0.1) is 10.7 Å². The summed E-state index contributed by atoms with van der Waals surface area (Å²) in [6, 6.07) is 3.29. The number of aliphatic carboxylic acids is 1. The van der Waals surface area contributed by atoms with Gasteiger partial charge in [0.15, 0.2) is 0 Å². The highest BCUT2D eigenvalue weighted by Crippen LogP contribution is 2.28. The summed E-state index contributed by atoms with van der Waals surface area (Å²) in [5.41, 5.74) is 0.683. The Labute approximate surface area is 138 Å². The van der Waals surface area contributed by atoms with Crippen molar-refractivity contribution in [2.75, 3.05) is 18.0 Å². The van der Waals surface area contributed by atoms with Gasteiger partial charge < -0.3 is 15.7 Å². The first-order valence-electron chi connectivity index (χ1n) is 7.32. The average Bonchev–Trinajstić information content (AvgIpc) is 2.93. The van der Waals surface area contributed by atoms with Crippen molar-refractivity contribution in [2.24, 2.45) is 0 Å². The number of benzene rings is 1. The van der Waals surface area contributed by atoms with Crippen LogP contribution in [0.5, 0.6) is 0 Å². The fourth-order valence-electron chi connectivity index (χ4n) is 2.35. The molecule has 1 aromatic carbocycles. The molecule has 0 radical (unpaired) electrons. The Hall–Kier alpha value is -2.28. The number of urea groups is 1. The number of carboxylic acid groups (broad SMARTS) is 1. The van der Waals surface area contributed by atoms with Gasteiger partial charge in [-0.3, -0.25) is 9.69 Å². The smallest absolute Gasteiger partial charge is 0.326 e. The van der Waals surface area contributed by atoms with Gasteiger partial charge in [-0.1, -0.05) is 24.9 Å². The third-order valence-corrected chi connectivity index (χ3v) is 3.86. The van der Waals surface area contributed by atoms with Gasteiger partial charge in [-0.15, -0.1) is 0 Å². The van der Waals surface area contributed by atoms with Crippen molar-refractivity contribution in [2.45, 2.75) is 25.8 Å². The van der Waals surface area contributed by atoms with Gasteiger partial charge in [-0.25, -0.2) is 9.59 Å². The zero-order valence-electron chi connectivity index (χ0n) is 12.6. The van der Waals surface area contributed by atoms with E-state index < -0.39 is 17.9 Å². The number of nitrogens with zero attached hydrogens (tertiary/aromatic N) is 1. The molecule has 23 heavy (non-hydrogen) atoms. The molecular weight excluding hydrogens is 322 g/mol. The maximum atomic E-state index is 12.3. The van der Waals surface area contributed by atoms with Crippen molar-refractivity contribution in [3.63, 3.8) is 0 Å². The van der Waals surface area contributed by atoms with Gasteiger partial charge in [0.25, 0.3) is 5.91 Å². The van der Waals surface area contributed by atoms with E-state index in [2.05, 4.69) is 10.6 Å². The molecule has 0 aliphatic carbocycles. The molecule has 0 aromatic heterocycles. The fourth-order valence-corrected chi connectivity index (χ4v) is 2.57. The summed E-state index contributed by atoms with van der Waals surface area (Å²) in [7, 11) is 0. The van der Waals surface area contributed by atoms with Crippen LogP contribution in [0.4, 0.5) is 10.5 Å². The molecule has 1 unspecified atom stereocenters. The van der Waals surface area contributed by atoms with Crippen LogP contribution in [0.25, 0.3) is 0 Å². The van der Waals surface area contributed by atoms with E-state index in [1.807, 2.05) is 6.92 Å². The first-order valence-corrected chi connectivity index (χ1v) is 7.70. The van der Waals surface area contributed by atoms with Crippen LogP contribution in [0.2, 0.25) is 5.02 Å². The lowest BCUT2D eigenvalue weighted by atomic mass is 10.1. The second kappa shape index (κ2) is 7.32. The average molecular weight is 340 g/mol. The van der Waals surface area contributed by atoms with Crippen molar-refractivity contribution in [1.29, 1.82) is 0 Å². The van der Waals surface area contributed by atoms with Crippen LogP contribution in [-0.2, 0) is 4.79 Å². The predicted octanol–water partition coefficient (Wildman–Crippen LogP) is 1.85.